The van der Waals surface area contributed by atoms with Crippen LogP contribution in [0.4, 0.5) is 5.13 Å². The van der Waals surface area contributed by atoms with Gasteiger partial charge in [0.15, 0.2) is 5.13 Å². The van der Waals surface area contributed by atoms with E-state index in [9.17, 15) is 4.79 Å². The van der Waals surface area contributed by atoms with Gasteiger partial charge in [-0.25, -0.2) is 4.98 Å². The van der Waals surface area contributed by atoms with Crippen LogP contribution < -0.4 is 5.32 Å². The average molecular weight is 367 g/mol. The molecule has 0 spiro atoms. The van der Waals surface area contributed by atoms with Crippen molar-refractivity contribution in [2.75, 3.05) is 11.6 Å². The fourth-order valence-electron chi connectivity index (χ4n) is 1.83. The minimum absolute atomic E-state index is 0.152. The lowest BCUT2D eigenvalue weighted by Gasteiger charge is -2.03. The van der Waals surface area contributed by atoms with Gasteiger partial charge in [-0.2, -0.15) is 0 Å². The summed E-state index contributed by atoms with van der Waals surface area (Å²) in [5, 5.41) is 5.33. The molecule has 0 radical (unpaired) electrons. The highest BCUT2D eigenvalue weighted by Gasteiger charge is 2.11. The third kappa shape index (κ3) is 3.52. The van der Waals surface area contributed by atoms with Crippen molar-refractivity contribution >= 4 is 57.1 Å². The number of aromatic nitrogens is 1. The molecular formula is C15H11ClN2OS3. The Morgan fingerprint density at radius 1 is 1.32 bits per heavy atom. The van der Waals surface area contributed by atoms with Crippen molar-refractivity contribution in [3.8, 4) is 10.6 Å². The summed E-state index contributed by atoms with van der Waals surface area (Å²) in [6, 6.07) is 11.3. The molecule has 2 heterocycles. The van der Waals surface area contributed by atoms with E-state index in [1.807, 2.05) is 42.0 Å². The van der Waals surface area contributed by atoms with Crippen LogP contribution in [0.2, 0.25) is 4.34 Å². The molecule has 1 aromatic carbocycles. The van der Waals surface area contributed by atoms with E-state index in [4.69, 9.17) is 11.6 Å². The molecule has 112 valence electrons. The van der Waals surface area contributed by atoms with E-state index < -0.39 is 0 Å². The normalized spacial score (nSPS) is 10.6. The molecular weight excluding hydrogens is 356 g/mol. The van der Waals surface area contributed by atoms with Gasteiger partial charge in [0, 0.05) is 15.8 Å². The standard InChI is InChI=1S/C15H11ClN2OS3/c1-20-10-4-2-3-9(7-10)14(19)18-15-17-11(8-21-15)12-5-6-13(16)22-12/h2-8H,1H3,(H,17,18,19). The predicted octanol–water partition coefficient (Wildman–Crippen LogP) is 5.50. The average Bonchev–Trinajstić information content (AvgIpc) is 3.16. The highest BCUT2D eigenvalue weighted by molar-refractivity contribution is 7.98. The molecule has 0 aliphatic rings. The lowest BCUT2D eigenvalue weighted by atomic mass is 10.2. The quantitative estimate of drug-likeness (QED) is 0.620. The van der Waals surface area contributed by atoms with E-state index in [-0.39, 0.29) is 5.91 Å². The summed E-state index contributed by atoms with van der Waals surface area (Å²) in [6.07, 6.45) is 1.98. The van der Waals surface area contributed by atoms with Gasteiger partial charge in [0.25, 0.3) is 5.91 Å². The number of thiophene rings is 1. The fourth-order valence-corrected chi connectivity index (χ4v) is 4.07. The number of carbonyl (C=O) groups is 1. The largest absolute Gasteiger partial charge is 0.298 e. The third-order valence-corrected chi connectivity index (χ3v) is 5.62. The number of amides is 1. The second kappa shape index (κ2) is 6.83. The zero-order valence-electron chi connectivity index (χ0n) is 11.5. The molecule has 7 heteroatoms. The van der Waals surface area contributed by atoms with Crippen molar-refractivity contribution in [3.05, 3.63) is 51.7 Å². The Labute approximate surface area is 145 Å². The van der Waals surface area contributed by atoms with Gasteiger partial charge in [0.05, 0.1) is 14.9 Å². The fraction of sp³-hybridized carbons (Fsp3) is 0.0667. The maximum atomic E-state index is 12.3. The highest BCUT2D eigenvalue weighted by Crippen LogP contribution is 2.33. The van der Waals surface area contributed by atoms with E-state index in [0.29, 0.717) is 10.7 Å². The molecule has 3 nitrogen and oxygen atoms in total. The first kappa shape index (κ1) is 15.6. The van der Waals surface area contributed by atoms with Gasteiger partial charge in [-0.15, -0.1) is 34.4 Å². The van der Waals surface area contributed by atoms with Crippen LogP contribution in [-0.4, -0.2) is 17.1 Å². The van der Waals surface area contributed by atoms with Gasteiger partial charge in [-0.3, -0.25) is 10.1 Å². The molecule has 2 aromatic heterocycles. The highest BCUT2D eigenvalue weighted by atomic mass is 35.5. The van der Waals surface area contributed by atoms with Crippen LogP contribution in [-0.2, 0) is 0 Å². The van der Waals surface area contributed by atoms with Crippen LogP contribution in [0.25, 0.3) is 10.6 Å². The van der Waals surface area contributed by atoms with E-state index in [1.165, 1.54) is 22.7 Å². The van der Waals surface area contributed by atoms with Crippen molar-refractivity contribution in [2.24, 2.45) is 0 Å². The zero-order valence-corrected chi connectivity index (χ0v) is 14.7. The van der Waals surface area contributed by atoms with Crippen LogP contribution in [0.5, 0.6) is 0 Å². The van der Waals surface area contributed by atoms with Crippen molar-refractivity contribution in [1.29, 1.82) is 0 Å². The summed E-state index contributed by atoms with van der Waals surface area (Å²) in [4.78, 5) is 18.7. The molecule has 0 saturated heterocycles. The van der Waals surface area contributed by atoms with Gasteiger partial charge in [0.1, 0.15) is 0 Å². The molecule has 0 aliphatic heterocycles. The van der Waals surface area contributed by atoms with Gasteiger partial charge in [0.2, 0.25) is 0 Å². The van der Waals surface area contributed by atoms with Crippen molar-refractivity contribution in [1.82, 2.24) is 4.98 Å². The first-order valence-electron chi connectivity index (χ1n) is 6.32. The molecule has 0 aliphatic carbocycles. The minimum atomic E-state index is -0.152. The van der Waals surface area contributed by atoms with E-state index in [1.54, 1.807) is 17.8 Å². The maximum Gasteiger partial charge on any atom is 0.257 e. The molecule has 0 bridgehead atoms. The summed E-state index contributed by atoms with van der Waals surface area (Å²) in [7, 11) is 0. The molecule has 0 saturated carbocycles. The molecule has 22 heavy (non-hydrogen) atoms. The first-order valence-corrected chi connectivity index (χ1v) is 9.62. The van der Waals surface area contributed by atoms with E-state index >= 15 is 0 Å². The second-order valence-electron chi connectivity index (χ2n) is 4.33. The Hall–Kier alpha value is -1.34. The van der Waals surface area contributed by atoms with Crippen LogP contribution in [0.3, 0.4) is 0 Å². The molecule has 3 rings (SSSR count). The maximum absolute atomic E-state index is 12.3. The zero-order chi connectivity index (χ0) is 15.5. The minimum Gasteiger partial charge on any atom is -0.298 e. The van der Waals surface area contributed by atoms with E-state index in [0.717, 1.165) is 19.8 Å². The molecule has 3 aromatic rings. The second-order valence-corrected chi connectivity index (χ2v) is 7.78. The SMILES string of the molecule is CSc1cccc(C(=O)Nc2nc(-c3ccc(Cl)s3)cs2)c1. The number of anilines is 1. The summed E-state index contributed by atoms with van der Waals surface area (Å²) in [5.74, 6) is -0.152. The number of carbonyl (C=O) groups excluding carboxylic acids is 1. The number of thioether (sulfide) groups is 1. The Morgan fingerprint density at radius 2 is 2.18 bits per heavy atom. The van der Waals surface area contributed by atoms with Gasteiger partial charge in [-0.05, 0) is 36.6 Å². The lowest BCUT2D eigenvalue weighted by Crippen LogP contribution is -2.11. The number of thiazole rings is 1. The smallest absolute Gasteiger partial charge is 0.257 e. The number of nitrogens with zero attached hydrogens (tertiary/aromatic N) is 1. The summed E-state index contributed by atoms with van der Waals surface area (Å²) >= 11 is 10.4. The number of halogens is 1. The summed E-state index contributed by atoms with van der Waals surface area (Å²) < 4.78 is 0.725. The molecule has 0 unspecified atom stereocenters. The van der Waals surface area contributed by atoms with Crippen LogP contribution in [0.15, 0.2) is 46.7 Å². The summed E-state index contributed by atoms with van der Waals surface area (Å²) in [5.41, 5.74) is 1.46. The molecule has 0 fully saturated rings. The Bertz CT molecular complexity index is 812. The third-order valence-electron chi connectivity index (χ3n) is 2.88. The van der Waals surface area contributed by atoms with E-state index in [2.05, 4.69) is 10.3 Å². The Balaban J connectivity index is 1.75. The summed E-state index contributed by atoms with van der Waals surface area (Å²) in [6.45, 7) is 0. The topological polar surface area (TPSA) is 42.0 Å². The number of hydrogen-bond donors (Lipinski definition) is 1. The van der Waals surface area contributed by atoms with Crippen molar-refractivity contribution < 1.29 is 4.79 Å². The van der Waals surface area contributed by atoms with Gasteiger partial charge >= 0.3 is 0 Å². The van der Waals surface area contributed by atoms with Crippen LogP contribution in [0, 0.1) is 0 Å². The van der Waals surface area contributed by atoms with Crippen molar-refractivity contribution in [2.45, 2.75) is 4.90 Å². The number of nitrogens with one attached hydrogen (secondary N) is 1. The number of hydrogen-bond acceptors (Lipinski definition) is 5. The molecule has 1 amide bonds. The van der Waals surface area contributed by atoms with Gasteiger partial charge < -0.3 is 0 Å². The number of benzene rings is 1. The van der Waals surface area contributed by atoms with Crippen LogP contribution >= 0.6 is 46.0 Å². The Kier molecular flexibility index (Phi) is 4.83. The lowest BCUT2D eigenvalue weighted by molar-refractivity contribution is 0.102. The van der Waals surface area contributed by atoms with Gasteiger partial charge in [-0.1, -0.05) is 17.7 Å². The van der Waals surface area contributed by atoms with Crippen LogP contribution in [0.1, 0.15) is 10.4 Å². The number of rotatable bonds is 4. The Morgan fingerprint density at radius 3 is 2.91 bits per heavy atom. The monoisotopic (exact) mass is 366 g/mol. The predicted molar refractivity (Wildman–Crippen MR) is 96.6 cm³/mol. The molecule has 1 N–H and O–H groups in total. The first-order chi connectivity index (χ1) is 10.7. The van der Waals surface area contributed by atoms with Crippen molar-refractivity contribution in [3.63, 3.8) is 0 Å². The molecule has 0 atom stereocenters.